The van der Waals surface area contributed by atoms with Gasteiger partial charge in [0, 0.05) is 69.8 Å². The summed E-state index contributed by atoms with van der Waals surface area (Å²) in [6.07, 6.45) is 6.37. The van der Waals surface area contributed by atoms with Gasteiger partial charge in [0.15, 0.2) is 0 Å². The molecule has 3 aromatic carbocycles. The molecule has 11 heteroatoms. The van der Waals surface area contributed by atoms with Crippen LogP contribution in [0, 0.1) is 11.7 Å². The molecule has 1 saturated carbocycles. The number of likely N-dealkylation sites (tertiary alicyclic amines) is 1. The molecule has 3 aromatic rings. The number of anilines is 2. The molecule has 1 aliphatic carbocycles. The van der Waals surface area contributed by atoms with Gasteiger partial charge in [-0.25, -0.2) is 9.18 Å². The van der Waals surface area contributed by atoms with Gasteiger partial charge < -0.3 is 19.6 Å². The van der Waals surface area contributed by atoms with E-state index in [-0.39, 0.29) is 24.0 Å². The molecule has 0 radical (unpaired) electrons. The summed E-state index contributed by atoms with van der Waals surface area (Å²) in [7, 11) is -1.75. The smallest absolute Gasteiger partial charge is 0.338 e. The van der Waals surface area contributed by atoms with Crippen molar-refractivity contribution in [2.24, 2.45) is 5.92 Å². The number of benzene rings is 3. The maximum atomic E-state index is 14.5. The first kappa shape index (κ1) is 32.3. The summed E-state index contributed by atoms with van der Waals surface area (Å²) < 4.78 is 47.1. The second kappa shape index (κ2) is 13.2. The second-order valence-electron chi connectivity index (χ2n) is 12.6. The fraction of sp³-hybridized carbons (Fsp3) is 0.429. The normalized spacial score (nSPS) is 21.7. The SMILES string of the molecule is CC(=O)N1CCC(Oc2cc3c(cc2-c2ccc(F)c(C(=O)O)c2)S(O)(O)N(C)C(C2CCCCC2)CN3c2ccccc2)CC1. The lowest BCUT2D eigenvalue weighted by molar-refractivity contribution is -0.130. The first-order valence-corrected chi connectivity index (χ1v) is 17.5. The maximum absolute atomic E-state index is 14.5. The molecule has 0 spiro atoms. The number of ether oxygens (including phenoxy) is 1. The predicted molar refractivity (Wildman–Crippen MR) is 177 cm³/mol. The number of carbonyl (C=O) groups is 2. The quantitative estimate of drug-likeness (QED) is 0.249. The van der Waals surface area contributed by atoms with E-state index in [1.54, 1.807) is 29.2 Å². The molecule has 3 aliphatic rings. The third-order valence-corrected chi connectivity index (χ3v) is 11.8. The van der Waals surface area contributed by atoms with Crippen molar-refractivity contribution in [3.05, 3.63) is 72.0 Å². The molecule has 2 fully saturated rings. The van der Waals surface area contributed by atoms with Gasteiger partial charge in [-0.3, -0.25) is 13.9 Å². The number of likely N-dealkylation sites (N-methyl/N-ethyl adjacent to an activating group) is 1. The van der Waals surface area contributed by atoms with Gasteiger partial charge >= 0.3 is 5.97 Å². The number of halogens is 1. The summed E-state index contributed by atoms with van der Waals surface area (Å²) >= 11 is 0. The number of fused-ring (bicyclic) bond motifs is 1. The van der Waals surface area contributed by atoms with Crippen LogP contribution < -0.4 is 9.64 Å². The molecule has 6 rings (SSSR count). The third kappa shape index (κ3) is 6.33. The van der Waals surface area contributed by atoms with Gasteiger partial charge in [-0.2, -0.15) is 4.31 Å². The van der Waals surface area contributed by atoms with Gasteiger partial charge in [0.1, 0.15) is 17.7 Å². The first-order valence-electron chi connectivity index (χ1n) is 16.0. The number of para-hydroxylation sites is 1. The lowest BCUT2D eigenvalue weighted by Gasteiger charge is -2.46. The molecule has 1 saturated heterocycles. The van der Waals surface area contributed by atoms with Crippen LogP contribution in [0.3, 0.4) is 0 Å². The average Bonchev–Trinajstić information content (AvgIpc) is 3.13. The van der Waals surface area contributed by atoms with Crippen molar-refractivity contribution in [1.82, 2.24) is 9.21 Å². The van der Waals surface area contributed by atoms with Crippen molar-refractivity contribution in [2.45, 2.75) is 68.9 Å². The van der Waals surface area contributed by atoms with Crippen LogP contribution in [0.25, 0.3) is 11.1 Å². The van der Waals surface area contributed by atoms with Crippen LogP contribution in [0.4, 0.5) is 15.8 Å². The van der Waals surface area contributed by atoms with Crippen LogP contribution in [-0.2, 0) is 4.79 Å². The summed E-state index contributed by atoms with van der Waals surface area (Å²) in [6.45, 7) is 3.17. The molecule has 2 heterocycles. The van der Waals surface area contributed by atoms with E-state index in [4.69, 9.17) is 4.74 Å². The number of hydrogen-bond donors (Lipinski definition) is 3. The van der Waals surface area contributed by atoms with Crippen LogP contribution in [0.2, 0.25) is 0 Å². The Morgan fingerprint density at radius 3 is 2.28 bits per heavy atom. The van der Waals surface area contributed by atoms with Gasteiger partial charge in [0.2, 0.25) is 5.91 Å². The number of carbonyl (C=O) groups excluding carboxylic acids is 1. The minimum atomic E-state index is -3.53. The molecule has 9 nitrogen and oxygen atoms in total. The predicted octanol–water partition coefficient (Wildman–Crippen LogP) is 7.64. The van der Waals surface area contributed by atoms with E-state index < -0.39 is 28.1 Å². The van der Waals surface area contributed by atoms with Crippen LogP contribution in [0.15, 0.2) is 65.6 Å². The van der Waals surface area contributed by atoms with E-state index in [1.165, 1.54) is 18.6 Å². The first-order chi connectivity index (χ1) is 22.0. The lowest BCUT2D eigenvalue weighted by atomic mass is 9.83. The Bertz CT molecular complexity index is 1590. The molecule has 0 aromatic heterocycles. The minimum Gasteiger partial charge on any atom is -0.490 e. The van der Waals surface area contributed by atoms with Crippen LogP contribution in [0.1, 0.15) is 62.2 Å². The molecule has 46 heavy (non-hydrogen) atoms. The van der Waals surface area contributed by atoms with Crippen molar-refractivity contribution in [3.8, 4) is 16.9 Å². The van der Waals surface area contributed by atoms with E-state index in [2.05, 4.69) is 4.90 Å². The minimum absolute atomic E-state index is 0.0111. The second-order valence-corrected chi connectivity index (χ2v) is 14.7. The highest BCUT2D eigenvalue weighted by molar-refractivity contribution is 8.22. The largest absolute Gasteiger partial charge is 0.490 e. The van der Waals surface area contributed by atoms with Crippen LogP contribution in [-0.4, -0.2) is 74.1 Å². The van der Waals surface area contributed by atoms with Gasteiger partial charge in [0.25, 0.3) is 0 Å². The Balaban J connectivity index is 1.52. The van der Waals surface area contributed by atoms with Gasteiger partial charge in [0.05, 0.1) is 16.1 Å². The Morgan fingerprint density at radius 2 is 1.63 bits per heavy atom. The van der Waals surface area contributed by atoms with E-state index in [0.717, 1.165) is 37.4 Å². The topological polar surface area (TPSA) is 114 Å². The van der Waals surface area contributed by atoms with Crippen molar-refractivity contribution in [1.29, 1.82) is 0 Å². The molecule has 0 bridgehead atoms. The van der Waals surface area contributed by atoms with E-state index in [1.807, 2.05) is 36.4 Å². The Hall–Kier alpha value is -3.64. The summed E-state index contributed by atoms with van der Waals surface area (Å²) in [4.78, 5) is 28.1. The highest BCUT2D eigenvalue weighted by atomic mass is 32.3. The van der Waals surface area contributed by atoms with Crippen LogP contribution >= 0.6 is 10.8 Å². The molecule has 2 aliphatic heterocycles. The highest BCUT2D eigenvalue weighted by Crippen LogP contribution is 2.61. The molecule has 246 valence electrons. The number of amides is 1. The van der Waals surface area contributed by atoms with Crippen molar-refractivity contribution < 1.29 is 32.9 Å². The molecule has 1 amide bonds. The third-order valence-electron chi connectivity index (χ3n) is 9.84. The number of aromatic carboxylic acids is 1. The Kier molecular flexibility index (Phi) is 9.29. The van der Waals surface area contributed by atoms with E-state index in [9.17, 15) is 28.2 Å². The number of carboxylic acid groups (broad SMARTS) is 1. The average molecular weight is 652 g/mol. The van der Waals surface area contributed by atoms with Crippen molar-refractivity contribution in [2.75, 3.05) is 31.6 Å². The summed E-state index contributed by atoms with van der Waals surface area (Å²) in [5.74, 6) is -1.54. The fourth-order valence-corrected chi connectivity index (χ4v) is 8.84. The Morgan fingerprint density at radius 1 is 0.935 bits per heavy atom. The zero-order chi connectivity index (χ0) is 32.6. The van der Waals surface area contributed by atoms with E-state index in [0.29, 0.717) is 59.9 Å². The lowest BCUT2D eigenvalue weighted by Crippen LogP contribution is -2.45. The van der Waals surface area contributed by atoms with E-state index >= 15 is 0 Å². The summed E-state index contributed by atoms with van der Waals surface area (Å²) in [6, 6.07) is 17.1. The molecular formula is C35H42FN3O6S. The number of nitrogens with zero attached hydrogens (tertiary/aromatic N) is 3. The number of rotatable bonds is 6. The Labute approximate surface area is 271 Å². The monoisotopic (exact) mass is 651 g/mol. The number of carboxylic acids is 1. The summed E-state index contributed by atoms with van der Waals surface area (Å²) in [5, 5.41) is 9.71. The molecule has 1 unspecified atom stereocenters. The number of piperidine rings is 1. The molecular weight excluding hydrogens is 609 g/mol. The van der Waals surface area contributed by atoms with Crippen molar-refractivity contribution in [3.63, 3.8) is 0 Å². The van der Waals surface area contributed by atoms with Gasteiger partial charge in [-0.1, -0.05) is 43.5 Å². The summed E-state index contributed by atoms with van der Waals surface area (Å²) in [5.41, 5.74) is 1.83. The highest BCUT2D eigenvalue weighted by Gasteiger charge is 2.42. The van der Waals surface area contributed by atoms with Crippen molar-refractivity contribution >= 4 is 34.0 Å². The number of hydrogen-bond acceptors (Lipinski definition) is 7. The zero-order valence-electron chi connectivity index (χ0n) is 26.3. The van der Waals surface area contributed by atoms with Crippen LogP contribution in [0.5, 0.6) is 5.75 Å². The standard InChI is InChI=1S/C35H42FN3O6S/c1-23(40)38-17-15-27(16-18-38)45-33-21-31-34(20-28(33)25-13-14-30(36)29(19-25)35(41)42)46(43,44)37(2)32(24-9-5-3-6-10-24)22-39(31)26-11-7-4-8-12-26/h4,7-8,11-14,19-21,24,27,32,43-44H,3,5-6,9-10,15-18,22H2,1-2H3,(H,41,42). The fourth-order valence-electron chi connectivity index (χ4n) is 7.19. The van der Waals surface area contributed by atoms with Gasteiger partial charge in [-0.05, 0) is 54.7 Å². The molecule has 3 N–H and O–H groups in total. The maximum Gasteiger partial charge on any atom is 0.338 e. The zero-order valence-corrected chi connectivity index (χ0v) is 27.1. The molecule has 1 atom stereocenters. The van der Waals surface area contributed by atoms with Gasteiger partial charge in [-0.15, -0.1) is 10.8 Å².